The summed E-state index contributed by atoms with van der Waals surface area (Å²) in [5.74, 6) is -0.284. The molecule has 0 radical (unpaired) electrons. The van der Waals surface area contributed by atoms with Gasteiger partial charge in [0.15, 0.2) is 0 Å². The van der Waals surface area contributed by atoms with E-state index in [0.717, 1.165) is 10.5 Å². The number of anilines is 1. The van der Waals surface area contributed by atoms with E-state index in [9.17, 15) is 4.79 Å². The van der Waals surface area contributed by atoms with E-state index in [-0.39, 0.29) is 5.75 Å². The number of carboxylic acid groups (broad SMARTS) is 1. The number of carbonyl (C=O) groups is 1. The van der Waals surface area contributed by atoms with Gasteiger partial charge < -0.3 is 15.6 Å². The minimum absolute atomic E-state index is 0.00178. The number of ether oxygens (including phenoxy) is 1. The number of hydrogen-bond donors (Lipinski definition) is 2. The monoisotopic (exact) mass is 227 g/mol. The van der Waals surface area contributed by atoms with Crippen molar-refractivity contribution in [3.63, 3.8) is 0 Å². The first-order valence-electron chi connectivity index (χ1n) is 4.34. The predicted octanol–water partition coefficient (Wildman–Crippen LogP) is 1.76. The second kappa shape index (κ2) is 4.93. The molecule has 1 aromatic rings. The summed E-state index contributed by atoms with van der Waals surface area (Å²) in [5.41, 5.74) is 7.30. The largest absolute Gasteiger partial charge is 0.495 e. The summed E-state index contributed by atoms with van der Waals surface area (Å²) in [4.78, 5) is 11.2. The zero-order valence-electron chi connectivity index (χ0n) is 8.61. The molecule has 0 saturated heterocycles. The van der Waals surface area contributed by atoms with Gasteiger partial charge in [0.2, 0.25) is 0 Å². The van der Waals surface area contributed by atoms with Gasteiger partial charge >= 0.3 is 5.97 Å². The number of aliphatic carboxylic acids is 1. The number of nitrogen functional groups attached to an aromatic ring is 1. The van der Waals surface area contributed by atoms with Gasteiger partial charge in [0, 0.05) is 4.90 Å². The van der Waals surface area contributed by atoms with Crippen LogP contribution in [0.2, 0.25) is 0 Å². The Morgan fingerprint density at radius 2 is 2.27 bits per heavy atom. The number of nitrogens with two attached hydrogens (primary N) is 1. The molecule has 0 aromatic heterocycles. The van der Waals surface area contributed by atoms with Crippen LogP contribution in [0.5, 0.6) is 5.75 Å². The lowest BCUT2D eigenvalue weighted by Gasteiger charge is -2.11. The molecule has 0 fully saturated rings. The van der Waals surface area contributed by atoms with Crippen LogP contribution < -0.4 is 10.5 Å². The van der Waals surface area contributed by atoms with Crippen molar-refractivity contribution < 1.29 is 14.6 Å². The average molecular weight is 227 g/mol. The van der Waals surface area contributed by atoms with Crippen molar-refractivity contribution in [2.75, 3.05) is 18.6 Å². The first-order valence-corrected chi connectivity index (χ1v) is 5.32. The van der Waals surface area contributed by atoms with Crippen molar-refractivity contribution >= 4 is 23.4 Å². The van der Waals surface area contributed by atoms with Crippen molar-refractivity contribution in [1.82, 2.24) is 0 Å². The van der Waals surface area contributed by atoms with Gasteiger partial charge in [0.05, 0.1) is 18.6 Å². The van der Waals surface area contributed by atoms with Gasteiger partial charge in [-0.2, -0.15) is 0 Å². The van der Waals surface area contributed by atoms with E-state index >= 15 is 0 Å². The van der Waals surface area contributed by atoms with Crippen LogP contribution in [0.1, 0.15) is 5.56 Å². The van der Waals surface area contributed by atoms with Crippen LogP contribution in [0, 0.1) is 6.92 Å². The van der Waals surface area contributed by atoms with Crippen molar-refractivity contribution in [2.45, 2.75) is 11.8 Å². The van der Waals surface area contributed by atoms with Crippen molar-refractivity contribution in [3.8, 4) is 5.75 Å². The summed E-state index contributed by atoms with van der Waals surface area (Å²) < 4.78 is 5.06. The first-order chi connectivity index (χ1) is 7.06. The quantitative estimate of drug-likeness (QED) is 0.605. The predicted molar refractivity (Wildman–Crippen MR) is 60.5 cm³/mol. The molecule has 0 saturated carbocycles. The maximum absolute atomic E-state index is 10.5. The van der Waals surface area contributed by atoms with E-state index in [0.29, 0.717) is 11.4 Å². The van der Waals surface area contributed by atoms with Crippen LogP contribution in [-0.4, -0.2) is 23.9 Å². The highest BCUT2D eigenvalue weighted by Gasteiger charge is 2.10. The van der Waals surface area contributed by atoms with Crippen LogP contribution in [-0.2, 0) is 4.79 Å². The second-order valence-corrected chi connectivity index (χ2v) is 4.00. The molecular weight excluding hydrogens is 214 g/mol. The van der Waals surface area contributed by atoms with Gasteiger partial charge in [-0.25, -0.2) is 0 Å². The molecule has 3 N–H and O–H groups in total. The minimum atomic E-state index is -0.860. The van der Waals surface area contributed by atoms with E-state index in [1.54, 1.807) is 6.07 Å². The first kappa shape index (κ1) is 11.7. The van der Waals surface area contributed by atoms with E-state index < -0.39 is 5.97 Å². The standard InChI is InChI=1S/C10H13NO3S/c1-6-3-4-7(14-2)9(11)10(6)15-5-8(12)13/h3-4H,5,11H2,1-2H3,(H,12,13). The fraction of sp³-hybridized carbons (Fsp3) is 0.300. The molecule has 5 heteroatoms. The molecule has 0 amide bonds. The third-order valence-corrected chi connectivity index (χ3v) is 3.13. The van der Waals surface area contributed by atoms with E-state index in [1.807, 2.05) is 13.0 Å². The Morgan fingerprint density at radius 3 is 2.80 bits per heavy atom. The zero-order valence-corrected chi connectivity index (χ0v) is 9.43. The van der Waals surface area contributed by atoms with Crippen molar-refractivity contribution in [3.05, 3.63) is 17.7 Å². The Balaban J connectivity index is 2.98. The van der Waals surface area contributed by atoms with Crippen molar-refractivity contribution in [2.24, 2.45) is 0 Å². The number of methoxy groups -OCH3 is 1. The van der Waals surface area contributed by atoms with E-state index in [4.69, 9.17) is 15.6 Å². The summed E-state index contributed by atoms with van der Waals surface area (Å²) in [7, 11) is 1.53. The average Bonchev–Trinajstić information content (AvgIpc) is 2.17. The highest BCUT2D eigenvalue weighted by Crippen LogP contribution is 2.35. The number of aryl methyl sites for hydroxylation is 1. The van der Waals surface area contributed by atoms with Gasteiger partial charge in [-0.05, 0) is 18.6 Å². The molecule has 0 spiro atoms. The molecule has 0 aliphatic carbocycles. The van der Waals surface area contributed by atoms with E-state index in [2.05, 4.69) is 0 Å². The number of thioether (sulfide) groups is 1. The second-order valence-electron chi connectivity index (χ2n) is 3.01. The molecule has 15 heavy (non-hydrogen) atoms. The molecule has 82 valence electrons. The third-order valence-electron chi connectivity index (χ3n) is 1.91. The number of hydrogen-bond acceptors (Lipinski definition) is 4. The van der Waals surface area contributed by atoms with Gasteiger partial charge in [-0.1, -0.05) is 6.07 Å². The highest BCUT2D eigenvalue weighted by molar-refractivity contribution is 8.00. The van der Waals surface area contributed by atoms with Crippen LogP contribution in [0.15, 0.2) is 17.0 Å². The fourth-order valence-electron chi connectivity index (χ4n) is 1.19. The van der Waals surface area contributed by atoms with E-state index in [1.165, 1.54) is 18.9 Å². The molecule has 1 rings (SSSR count). The molecule has 0 unspecified atom stereocenters. The van der Waals surface area contributed by atoms with Crippen LogP contribution in [0.25, 0.3) is 0 Å². The molecule has 0 aliphatic rings. The summed E-state index contributed by atoms with van der Waals surface area (Å²) >= 11 is 1.21. The Bertz CT molecular complexity index is 379. The molecule has 0 atom stereocenters. The van der Waals surface area contributed by atoms with Crippen LogP contribution in [0.4, 0.5) is 5.69 Å². The maximum Gasteiger partial charge on any atom is 0.313 e. The van der Waals surface area contributed by atoms with Gasteiger partial charge in [0.25, 0.3) is 0 Å². The lowest BCUT2D eigenvalue weighted by Crippen LogP contribution is -2.01. The lowest BCUT2D eigenvalue weighted by molar-refractivity contribution is -0.133. The smallest absolute Gasteiger partial charge is 0.313 e. The Kier molecular flexibility index (Phi) is 3.85. The topological polar surface area (TPSA) is 72.5 Å². The molecular formula is C10H13NO3S. The Labute approximate surface area is 92.4 Å². The summed E-state index contributed by atoms with van der Waals surface area (Å²) in [6, 6.07) is 3.63. The van der Waals surface area contributed by atoms with Gasteiger partial charge in [-0.3, -0.25) is 4.79 Å². The summed E-state index contributed by atoms with van der Waals surface area (Å²) in [6.07, 6.45) is 0. The van der Waals surface area contributed by atoms with Gasteiger partial charge in [-0.15, -0.1) is 11.8 Å². The fourth-order valence-corrected chi connectivity index (χ4v) is 2.01. The molecule has 1 aromatic carbocycles. The SMILES string of the molecule is COc1ccc(C)c(SCC(=O)O)c1N. The van der Waals surface area contributed by atoms with Crippen LogP contribution in [0.3, 0.4) is 0 Å². The summed E-state index contributed by atoms with van der Waals surface area (Å²) in [5, 5.41) is 8.59. The molecule has 4 nitrogen and oxygen atoms in total. The molecule has 0 heterocycles. The zero-order chi connectivity index (χ0) is 11.4. The molecule has 0 aliphatic heterocycles. The highest BCUT2D eigenvalue weighted by atomic mass is 32.2. The van der Waals surface area contributed by atoms with Gasteiger partial charge in [0.1, 0.15) is 5.75 Å². The Hall–Kier alpha value is -1.36. The normalized spacial score (nSPS) is 10.0. The third kappa shape index (κ3) is 2.79. The van der Waals surface area contributed by atoms with Crippen LogP contribution >= 0.6 is 11.8 Å². The summed E-state index contributed by atoms with van der Waals surface area (Å²) in [6.45, 7) is 1.89. The Morgan fingerprint density at radius 1 is 1.60 bits per heavy atom. The number of rotatable bonds is 4. The lowest BCUT2D eigenvalue weighted by atomic mass is 10.2. The van der Waals surface area contributed by atoms with Crippen molar-refractivity contribution in [1.29, 1.82) is 0 Å². The molecule has 0 bridgehead atoms. The maximum atomic E-state index is 10.5. The number of benzene rings is 1. The minimum Gasteiger partial charge on any atom is -0.495 e. The number of carboxylic acids is 1.